The molecule has 0 saturated heterocycles. The van der Waals surface area contributed by atoms with Gasteiger partial charge in [0.15, 0.2) is 0 Å². The van der Waals surface area contributed by atoms with Gasteiger partial charge in [0.25, 0.3) is 0 Å². The van der Waals surface area contributed by atoms with Crippen LogP contribution >= 0.6 is 0 Å². The van der Waals surface area contributed by atoms with E-state index in [0.29, 0.717) is 12.0 Å². The minimum atomic E-state index is 0.556. The molecule has 0 bridgehead atoms. The molecule has 4 aliphatic carbocycles. The van der Waals surface area contributed by atoms with E-state index >= 15 is 0 Å². The Bertz CT molecular complexity index is 557. The Hall–Kier alpha value is -0.300. The van der Waals surface area contributed by atoms with Crippen LogP contribution in [-0.2, 0) is 4.74 Å². The fourth-order valence-corrected chi connectivity index (χ4v) is 8.36. The SMILES string of the molecule is CCCCCC1CCC(OCC2C=CC(C3CCC(C4CCC(CCC)CC4)CC3)CC2)CC1. The fraction of sp³-hybridized carbons (Fsp3) is 0.939. The van der Waals surface area contributed by atoms with E-state index in [0.717, 1.165) is 42.1 Å². The standard InChI is InChI=1S/C33H58O/c1-3-5-6-8-27-13-23-33(24-14-27)34-25-28-11-17-30(18-12-28)32-21-19-31(20-22-32)29-15-9-26(7-4-2)10-16-29/h11,17,26-33H,3-10,12-16,18-25H2,1-2H3. The van der Waals surface area contributed by atoms with E-state index in [1.807, 2.05) is 0 Å². The molecule has 0 spiro atoms. The van der Waals surface area contributed by atoms with Gasteiger partial charge >= 0.3 is 0 Å². The van der Waals surface area contributed by atoms with E-state index < -0.39 is 0 Å². The molecule has 3 saturated carbocycles. The molecule has 0 heterocycles. The van der Waals surface area contributed by atoms with E-state index in [9.17, 15) is 0 Å². The van der Waals surface area contributed by atoms with Crippen LogP contribution in [0.1, 0.15) is 142 Å². The van der Waals surface area contributed by atoms with E-state index in [2.05, 4.69) is 26.0 Å². The third kappa shape index (κ3) is 8.11. The summed E-state index contributed by atoms with van der Waals surface area (Å²) in [6.07, 6.45) is 34.8. The number of hydrogen-bond acceptors (Lipinski definition) is 1. The highest BCUT2D eigenvalue weighted by molar-refractivity contribution is 5.01. The quantitative estimate of drug-likeness (QED) is 0.215. The van der Waals surface area contributed by atoms with Gasteiger partial charge in [-0.25, -0.2) is 0 Å². The second-order valence-electron chi connectivity index (χ2n) is 13.1. The number of allylic oxidation sites excluding steroid dienone is 1. The van der Waals surface area contributed by atoms with Gasteiger partial charge in [-0.2, -0.15) is 0 Å². The summed E-state index contributed by atoms with van der Waals surface area (Å²) in [5.41, 5.74) is 0. The van der Waals surface area contributed by atoms with E-state index in [1.165, 1.54) is 116 Å². The van der Waals surface area contributed by atoms with Gasteiger partial charge in [-0.15, -0.1) is 0 Å². The second kappa shape index (κ2) is 14.4. The maximum absolute atomic E-state index is 6.43. The van der Waals surface area contributed by atoms with Gasteiger partial charge < -0.3 is 4.74 Å². The number of ether oxygens (including phenoxy) is 1. The molecule has 0 amide bonds. The summed E-state index contributed by atoms with van der Waals surface area (Å²) in [4.78, 5) is 0. The molecule has 196 valence electrons. The largest absolute Gasteiger partial charge is 0.378 e. The van der Waals surface area contributed by atoms with E-state index in [4.69, 9.17) is 4.74 Å². The Labute approximate surface area is 213 Å². The van der Waals surface area contributed by atoms with Crippen LogP contribution in [0.4, 0.5) is 0 Å². The van der Waals surface area contributed by atoms with Gasteiger partial charge in [0.05, 0.1) is 12.7 Å². The highest BCUT2D eigenvalue weighted by Gasteiger charge is 2.33. The van der Waals surface area contributed by atoms with Gasteiger partial charge in [-0.3, -0.25) is 0 Å². The Morgan fingerprint density at radius 3 is 1.79 bits per heavy atom. The zero-order valence-corrected chi connectivity index (χ0v) is 23.0. The van der Waals surface area contributed by atoms with Crippen LogP contribution in [0.5, 0.6) is 0 Å². The van der Waals surface area contributed by atoms with Crippen molar-refractivity contribution in [1.82, 2.24) is 0 Å². The molecular formula is C33H58O. The Kier molecular flexibility index (Phi) is 11.4. The maximum Gasteiger partial charge on any atom is 0.0575 e. The van der Waals surface area contributed by atoms with Crippen molar-refractivity contribution in [2.24, 2.45) is 41.4 Å². The summed E-state index contributed by atoms with van der Waals surface area (Å²) in [5, 5.41) is 0. The van der Waals surface area contributed by atoms with Crippen LogP contribution in [0.3, 0.4) is 0 Å². The van der Waals surface area contributed by atoms with Crippen molar-refractivity contribution in [3.63, 3.8) is 0 Å². The topological polar surface area (TPSA) is 9.23 Å². The lowest BCUT2D eigenvalue weighted by molar-refractivity contribution is 0.00194. The molecule has 0 aliphatic heterocycles. The molecule has 3 fully saturated rings. The Morgan fingerprint density at radius 2 is 1.18 bits per heavy atom. The van der Waals surface area contributed by atoms with Crippen molar-refractivity contribution >= 4 is 0 Å². The molecule has 0 aromatic rings. The van der Waals surface area contributed by atoms with Crippen LogP contribution in [0.15, 0.2) is 12.2 Å². The molecule has 2 unspecified atom stereocenters. The molecule has 4 rings (SSSR count). The first-order valence-corrected chi connectivity index (χ1v) is 16.0. The average Bonchev–Trinajstić information content (AvgIpc) is 2.89. The summed E-state index contributed by atoms with van der Waals surface area (Å²) in [7, 11) is 0. The molecule has 0 aromatic heterocycles. The second-order valence-corrected chi connectivity index (χ2v) is 13.1. The summed E-state index contributed by atoms with van der Waals surface area (Å²) >= 11 is 0. The predicted molar refractivity (Wildman–Crippen MR) is 147 cm³/mol. The van der Waals surface area contributed by atoms with Crippen molar-refractivity contribution < 1.29 is 4.74 Å². The smallest absolute Gasteiger partial charge is 0.0575 e. The van der Waals surface area contributed by atoms with Gasteiger partial charge in [0, 0.05) is 5.92 Å². The van der Waals surface area contributed by atoms with Crippen molar-refractivity contribution in [3.8, 4) is 0 Å². The lowest BCUT2D eigenvalue weighted by Crippen LogP contribution is -2.29. The first-order valence-electron chi connectivity index (χ1n) is 16.0. The van der Waals surface area contributed by atoms with Crippen LogP contribution in [-0.4, -0.2) is 12.7 Å². The van der Waals surface area contributed by atoms with Gasteiger partial charge in [-0.05, 0) is 113 Å². The lowest BCUT2D eigenvalue weighted by Gasteiger charge is -2.40. The van der Waals surface area contributed by atoms with Crippen LogP contribution in [0, 0.1) is 41.4 Å². The summed E-state index contributed by atoms with van der Waals surface area (Å²) in [6.45, 7) is 5.67. The van der Waals surface area contributed by atoms with E-state index in [-0.39, 0.29) is 0 Å². The minimum Gasteiger partial charge on any atom is -0.378 e. The Morgan fingerprint density at radius 1 is 0.559 bits per heavy atom. The molecule has 0 N–H and O–H groups in total. The fourth-order valence-electron chi connectivity index (χ4n) is 8.36. The first-order chi connectivity index (χ1) is 16.7. The third-order valence-electron chi connectivity index (χ3n) is 10.7. The summed E-state index contributed by atoms with van der Waals surface area (Å²) in [6, 6.07) is 0. The zero-order chi connectivity index (χ0) is 23.6. The summed E-state index contributed by atoms with van der Waals surface area (Å²) < 4.78 is 6.43. The van der Waals surface area contributed by atoms with Crippen molar-refractivity contribution in [3.05, 3.63) is 12.2 Å². The molecule has 0 radical (unpaired) electrons. The zero-order valence-electron chi connectivity index (χ0n) is 23.0. The first kappa shape index (κ1) is 26.8. The Balaban J connectivity index is 1.09. The molecule has 2 atom stereocenters. The monoisotopic (exact) mass is 470 g/mol. The van der Waals surface area contributed by atoms with Gasteiger partial charge in [-0.1, -0.05) is 77.4 Å². The molecule has 1 nitrogen and oxygen atoms in total. The average molecular weight is 471 g/mol. The molecule has 1 heteroatoms. The predicted octanol–water partition coefficient (Wildman–Crippen LogP) is 10.1. The van der Waals surface area contributed by atoms with Crippen LogP contribution in [0.25, 0.3) is 0 Å². The van der Waals surface area contributed by atoms with Crippen LogP contribution in [0.2, 0.25) is 0 Å². The number of unbranched alkanes of at least 4 members (excludes halogenated alkanes) is 2. The van der Waals surface area contributed by atoms with Crippen LogP contribution < -0.4 is 0 Å². The highest BCUT2D eigenvalue weighted by Crippen LogP contribution is 2.45. The van der Waals surface area contributed by atoms with Gasteiger partial charge in [0.2, 0.25) is 0 Å². The van der Waals surface area contributed by atoms with Crippen molar-refractivity contribution in [2.45, 2.75) is 148 Å². The third-order valence-corrected chi connectivity index (χ3v) is 10.7. The maximum atomic E-state index is 6.43. The van der Waals surface area contributed by atoms with Crippen molar-refractivity contribution in [1.29, 1.82) is 0 Å². The van der Waals surface area contributed by atoms with E-state index in [1.54, 1.807) is 12.8 Å². The number of rotatable bonds is 11. The molecular weight excluding hydrogens is 412 g/mol. The normalized spacial score (nSPS) is 39.2. The summed E-state index contributed by atoms with van der Waals surface area (Å²) in [5.74, 6) is 6.73. The minimum absolute atomic E-state index is 0.556. The molecule has 4 aliphatic rings. The highest BCUT2D eigenvalue weighted by atomic mass is 16.5. The van der Waals surface area contributed by atoms with Crippen molar-refractivity contribution in [2.75, 3.05) is 6.61 Å². The lowest BCUT2D eigenvalue weighted by atomic mass is 9.66. The molecule has 34 heavy (non-hydrogen) atoms. The molecule has 0 aromatic carbocycles. The number of hydrogen-bond donors (Lipinski definition) is 0. The van der Waals surface area contributed by atoms with Gasteiger partial charge in [0.1, 0.15) is 0 Å².